The van der Waals surface area contributed by atoms with E-state index in [1.165, 1.54) is 5.56 Å². The fourth-order valence-electron chi connectivity index (χ4n) is 4.71. The number of aromatic nitrogens is 3. The van der Waals surface area contributed by atoms with Crippen LogP contribution in [0.25, 0.3) is 11.0 Å². The molecule has 5 rings (SSSR count). The molecular formula is C19H21N5O. The average Bonchev–Trinajstić information content (AvgIpc) is 3.22. The van der Waals surface area contributed by atoms with Gasteiger partial charge in [-0.15, -0.1) is 0 Å². The summed E-state index contributed by atoms with van der Waals surface area (Å²) in [6, 6.07) is 9.96. The SMILES string of the molecule is N[C@H]1c2ccccc2C2(CCN(c3ncnc4[nH]ccc34)CC2)[C@@H]1O. The third kappa shape index (κ3) is 1.98. The van der Waals surface area contributed by atoms with Crippen molar-refractivity contribution < 1.29 is 5.11 Å². The van der Waals surface area contributed by atoms with Crippen LogP contribution in [0.2, 0.25) is 0 Å². The lowest BCUT2D eigenvalue weighted by Gasteiger charge is -2.43. The van der Waals surface area contributed by atoms with E-state index in [9.17, 15) is 5.11 Å². The van der Waals surface area contributed by atoms with Crippen LogP contribution < -0.4 is 10.6 Å². The van der Waals surface area contributed by atoms with Gasteiger partial charge in [-0.05, 0) is 30.0 Å². The maximum absolute atomic E-state index is 10.9. The minimum absolute atomic E-state index is 0.239. The van der Waals surface area contributed by atoms with Gasteiger partial charge in [0.2, 0.25) is 0 Å². The van der Waals surface area contributed by atoms with Gasteiger partial charge in [0.25, 0.3) is 0 Å². The molecule has 2 aliphatic rings. The summed E-state index contributed by atoms with van der Waals surface area (Å²) in [6.07, 6.45) is 4.71. The monoisotopic (exact) mass is 335 g/mol. The van der Waals surface area contributed by atoms with Crippen molar-refractivity contribution in [1.82, 2.24) is 15.0 Å². The standard InChI is InChI=1S/C19H21N5O/c20-15-12-3-1-2-4-14(12)19(16(15)25)6-9-24(10-7-19)18-13-5-8-21-17(13)22-11-23-18/h1-5,8,11,15-16,25H,6-7,9-10,20H2,(H,21,22,23)/t15-,16+/m0/s1. The van der Waals surface area contributed by atoms with E-state index in [1.807, 2.05) is 24.4 Å². The highest BCUT2D eigenvalue weighted by molar-refractivity contribution is 5.87. The van der Waals surface area contributed by atoms with Gasteiger partial charge < -0.3 is 20.7 Å². The van der Waals surface area contributed by atoms with Crippen molar-refractivity contribution in [2.24, 2.45) is 5.73 Å². The number of aliphatic hydroxyl groups is 1. The molecule has 4 N–H and O–H groups in total. The van der Waals surface area contributed by atoms with Gasteiger partial charge in [-0.25, -0.2) is 9.97 Å². The third-order valence-corrected chi connectivity index (χ3v) is 6.05. The van der Waals surface area contributed by atoms with Gasteiger partial charge in [-0.3, -0.25) is 0 Å². The molecule has 2 atom stereocenters. The molecule has 2 aromatic heterocycles. The number of rotatable bonds is 1. The molecule has 1 aliphatic heterocycles. The lowest BCUT2D eigenvalue weighted by molar-refractivity contribution is 0.0583. The summed E-state index contributed by atoms with van der Waals surface area (Å²) in [4.78, 5) is 14.2. The second-order valence-corrected chi connectivity index (χ2v) is 7.14. The number of H-pyrrole nitrogens is 1. The first kappa shape index (κ1) is 14.9. The van der Waals surface area contributed by atoms with Crippen LogP contribution in [0.3, 0.4) is 0 Å². The van der Waals surface area contributed by atoms with Crippen LogP contribution in [0.5, 0.6) is 0 Å². The van der Waals surface area contributed by atoms with Crippen molar-refractivity contribution in [2.75, 3.05) is 18.0 Å². The number of nitrogens with two attached hydrogens (primary N) is 1. The molecule has 1 aliphatic carbocycles. The van der Waals surface area contributed by atoms with E-state index in [2.05, 4.69) is 32.0 Å². The number of piperidine rings is 1. The molecule has 0 saturated carbocycles. The van der Waals surface area contributed by atoms with Crippen LogP contribution in [0.15, 0.2) is 42.9 Å². The molecule has 6 nitrogen and oxygen atoms in total. The second-order valence-electron chi connectivity index (χ2n) is 7.14. The zero-order valence-electron chi connectivity index (χ0n) is 13.9. The minimum Gasteiger partial charge on any atom is -0.390 e. The van der Waals surface area contributed by atoms with Crippen molar-refractivity contribution in [3.63, 3.8) is 0 Å². The van der Waals surface area contributed by atoms with Crippen molar-refractivity contribution in [3.8, 4) is 0 Å². The van der Waals surface area contributed by atoms with E-state index in [-0.39, 0.29) is 11.5 Å². The maximum Gasteiger partial charge on any atom is 0.142 e. The Labute approximate surface area is 145 Å². The smallest absolute Gasteiger partial charge is 0.142 e. The molecule has 3 aromatic rings. The van der Waals surface area contributed by atoms with Crippen LogP contribution in [0, 0.1) is 0 Å². The van der Waals surface area contributed by atoms with Gasteiger partial charge in [0.1, 0.15) is 17.8 Å². The van der Waals surface area contributed by atoms with Crippen LogP contribution in [-0.2, 0) is 5.41 Å². The van der Waals surface area contributed by atoms with E-state index in [1.54, 1.807) is 6.33 Å². The summed E-state index contributed by atoms with van der Waals surface area (Å²) in [6.45, 7) is 1.69. The molecule has 0 unspecified atom stereocenters. The largest absolute Gasteiger partial charge is 0.390 e. The van der Waals surface area contributed by atoms with Gasteiger partial charge in [0, 0.05) is 24.7 Å². The lowest BCUT2D eigenvalue weighted by atomic mass is 9.72. The Morgan fingerprint density at radius 2 is 1.96 bits per heavy atom. The molecular weight excluding hydrogens is 314 g/mol. The number of fused-ring (bicyclic) bond motifs is 3. The molecule has 1 aromatic carbocycles. The first-order valence-corrected chi connectivity index (χ1v) is 8.77. The van der Waals surface area contributed by atoms with Gasteiger partial charge in [-0.1, -0.05) is 24.3 Å². The minimum atomic E-state index is -0.523. The Morgan fingerprint density at radius 3 is 2.80 bits per heavy atom. The number of hydrogen-bond donors (Lipinski definition) is 3. The van der Waals surface area contributed by atoms with Gasteiger partial charge in [0.05, 0.1) is 17.5 Å². The summed E-state index contributed by atoms with van der Waals surface area (Å²) in [7, 11) is 0. The topological polar surface area (TPSA) is 91.1 Å². The number of aliphatic hydroxyl groups excluding tert-OH is 1. The highest BCUT2D eigenvalue weighted by Crippen LogP contribution is 2.50. The Bertz CT molecular complexity index is 928. The second kappa shape index (κ2) is 5.28. The molecule has 1 fully saturated rings. The van der Waals surface area contributed by atoms with Crippen LogP contribution in [-0.4, -0.2) is 39.3 Å². The molecule has 0 amide bonds. The number of benzene rings is 1. The van der Waals surface area contributed by atoms with E-state index in [4.69, 9.17) is 5.73 Å². The zero-order valence-corrected chi connectivity index (χ0v) is 13.9. The van der Waals surface area contributed by atoms with Crippen molar-refractivity contribution in [1.29, 1.82) is 0 Å². The molecule has 3 heterocycles. The molecule has 0 radical (unpaired) electrons. The molecule has 25 heavy (non-hydrogen) atoms. The van der Waals surface area contributed by atoms with E-state index >= 15 is 0 Å². The van der Waals surface area contributed by atoms with Crippen LogP contribution in [0.4, 0.5) is 5.82 Å². The van der Waals surface area contributed by atoms with Crippen molar-refractivity contribution >= 4 is 16.9 Å². The van der Waals surface area contributed by atoms with E-state index in [0.29, 0.717) is 0 Å². The van der Waals surface area contributed by atoms with Crippen LogP contribution >= 0.6 is 0 Å². The third-order valence-electron chi connectivity index (χ3n) is 6.05. The lowest BCUT2D eigenvalue weighted by Crippen LogP contribution is -2.49. The zero-order chi connectivity index (χ0) is 17.0. The van der Waals surface area contributed by atoms with Crippen molar-refractivity contribution in [3.05, 3.63) is 54.0 Å². The number of nitrogens with zero attached hydrogens (tertiary/aromatic N) is 3. The Morgan fingerprint density at radius 1 is 1.16 bits per heavy atom. The summed E-state index contributed by atoms with van der Waals surface area (Å²) in [5, 5.41) is 12.0. The Balaban J connectivity index is 1.48. The number of aromatic amines is 1. The summed E-state index contributed by atoms with van der Waals surface area (Å²) in [5.74, 6) is 0.964. The summed E-state index contributed by atoms with van der Waals surface area (Å²) in [5.41, 5.74) is 9.26. The van der Waals surface area contributed by atoms with Gasteiger partial charge in [0.15, 0.2) is 0 Å². The van der Waals surface area contributed by atoms with Crippen LogP contribution in [0.1, 0.15) is 30.0 Å². The maximum atomic E-state index is 10.9. The molecule has 1 spiro atoms. The van der Waals surface area contributed by atoms with E-state index in [0.717, 1.165) is 48.3 Å². The molecule has 1 saturated heterocycles. The highest BCUT2D eigenvalue weighted by atomic mass is 16.3. The summed E-state index contributed by atoms with van der Waals surface area (Å²) < 4.78 is 0. The van der Waals surface area contributed by atoms with Gasteiger partial charge >= 0.3 is 0 Å². The van der Waals surface area contributed by atoms with Crippen molar-refractivity contribution in [2.45, 2.75) is 30.4 Å². The number of nitrogens with one attached hydrogen (secondary N) is 1. The fourth-order valence-corrected chi connectivity index (χ4v) is 4.71. The molecule has 6 heteroatoms. The molecule has 0 bridgehead atoms. The number of hydrogen-bond acceptors (Lipinski definition) is 5. The predicted octanol–water partition coefficient (Wildman–Crippen LogP) is 1.87. The van der Waals surface area contributed by atoms with Gasteiger partial charge in [-0.2, -0.15) is 0 Å². The first-order valence-electron chi connectivity index (χ1n) is 8.77. The Hall–Kier alpha value is -2.44. The molecule has 128 valence electrons. The highest BCUT2D eigenvalue weighted by Gasteiger charge is 2.51. The predicted molar refractivity (Wildman–Crippen MR) is 96.4 cm³/mol. The number of anilines is 1. The normalized spacial score (nSPS) is 24.8. The fraction of sp³-hybridized carbons (Fsp3) is 0.368. The Kier molecular flexibility index (Phi) is 3.14. The van der Waals surface area contributed by atoms with E-state index < -0.39 is 6.10 Å². The quantitative estimate of drug-likeness (QED) is 0.631. The first-order chi connectivity index (χ1) is 12.2. The summed E-state index contributed by atoms with van der Waals surface area (Å²) >= 11 is 0. The average molecular weight is 335 g/mol.